The van der Waals surface area contributed by atoms with Crippen molar-refractivity contribution in [1.82, 2.24) is 4.90 Å². The van der Waals surface area contributed by atoms with Crippen LogP contribution in [0.25, 0.3) is 0 Å². The van der Waals surface area contributed by atoms with Gasteiger partial charge in [0, 0.05) is 36.2 Å². The van der Waals surface area contributed by atoms with E-state index < -0.39 is 12.2 Å². The molecule has 0 bridgehead atoms. The largest absolute Gasteiger partial charge is 0.432 e. The normalized spacial score (nSPS) is 15.9. The number of aliphatic imine (C=N–C) groups is 2. The number of esters is 1. The molecular weight excluding hydrogens is 362 g/mol. The molecule has 2 aromatic carbocycles. The number of rotatable bonds is 4. The predicted octanol–water partition coefficient (Wildman–Crippen LogP) is 4.45. The molecule has 0 amide bonds. The van der Waals surface area contributed by atoms with Crippen molar-refractivity contribution in [3.8, 4) is 0 Å². The Morgan fingerprint density at radius 2 is 1.85 bits per heavy atom. The van der Waals surface area contributed by atoms with Crippen molar-refractivity contribution in [3.05, 3.63) is 64.7 Å². The van der Waals surface area contributed by atoms with Crippen LogP contribution in [0, 0.1) is 0 Å². The van der Waals surface area contributed by atoms with Crippen LogP contribution in [0.15, 0.2) is 58.5 Å². The highest BCUT2D eigenvalue weighted by Gasteiger charge is 2.28. The molecule has 6 heteroatoms. The monoisotopic (exact) mass is 383 g/mol. The molecule has 1 atom stereocenters. The number of fused-ring (bicyclic) bond motifs is 1. The van der Waals surface area contributed by atoms with Gasteiger partial charge < -0.3 is 9.64 Å². The zero-order chi connectivity index (χ0) is 19.4. The summed E-state index contributed by atoms with van der Waals surface area (Å²) in [5, 5.41) is 0.600. The molecule has 1 aliphatic rings. The van der Waals surface area contributed by atoms with Crippen molar-refractivity contribution < 1.29 is 9.53 Å². The van der Waals surface area contributed by atoms with E-state index in [2.05, 4.69) is 0 Å². The Balaban J connectivity index is 2.25. The van der Waals surface area contributed by atoms with Crippen molar-refractivity contribution in [3.63, 3.8) is 0 Å². The molecule has 3 rings (SSSR count). The van der Waals surface area contributed by atoms with Gasteiger partial charge in [0.15, 0.2) is 5.84 Å². The second-order valence-electron chi connectivity index (χ2n) is 6.11. The Morgan fingerprint density at radius 1 is 1.15 bits per heavy atom. The number of hydrogen-bond donors (Lipinski definition) is 0. The third-order valence-electron chi connectivity index (χ3n) is 4.33. The van der Waals surface area contributed by atoms with E-state index in [9.17, 15) is 4.79 Å². The highest BCUT2D eigenvalue weighted by Crippen LogP contribution is 2.30. The van der Waals surface area contributed by atoms with Gasteiger partial charge in [0.25, 0.3) is 6.23 Å². The summed E-state index contributed by atoms with van der Waals surface area (Å²) in [5.74, 6) is 0.213. The van der Waals surface area contributed by atoms with Gasteiger partial charge in [0.1, 0.15) is 0 Å². The van der Waals surface area contributed by atoms with Crippen molar-refractivity contribution in [2.75, 3.05) is 13.1 Å². The molecule has 140 valence electrons. The Morgan fingerprint density at radius 3 is 2.48 bits per heavy atom. The molecule has 1 unspecified atom stereocenters. The van der Waals surface area contributed by atoms with Crippen LogP contribution >= 0.6 is 11.6 Å². The first-order valence-electron chi connectivity index (χ1n) is 8.97. The Labute approximate surface area is 164 Å². The van der Waals surface area contributed by atoms with Crippen molar-refractivity contribution in [2.24, 2.45) is 9.98 Å². The predicted molar refractivity (Wildman–Crippen MR) is 109 cm³/mol. The van der Waals surface area contributed by atoms with Gasteiger partial charge >= 0.3 is 5.97 Å². The van der Waals surface area contributed by atoms with Crippen LogP contribution in [0.4, 0.5) is 5.69 Å². The summed E-state index contributed by atoms with van der Waals surface area (Å²) in [7, 11) is 0. The second kappa shape index (κ2) is 8.35. The lowest BCUT2D eigenvalue weighted by molar-refractivity contribution is -0.143. The van der Waals surface area contributed by atoms with Gasteiger partial charge in [-0.3, -0.25) is 4.79 Å². The maximum atomic E-state index is 11.8. The molecule has 27 heavy (non-hydrogen) atoms. The molecule has 0 radical (unpaired) electrons. The van der Waals surface area contributed by atoms with Gasteiger partial charge in [-0.05, 0) is 32.0 Å². The minimum absolute atomic E-state index is 0.403. The van der Waals surface area contributed by atoms with E-state index in [0.717, 1.165) is 29.9 Å². The number of carbonyl (C=O) groups is 1. The van der Waals surface area contributed by atoms with E-state index in [1.54, 1.807) is 6.07 Å². The molecule has 0 spiro atoms. The maximum absolute atomic E-state index is 11.8. The number of halogens is 1. The average Bonchev–Trinajstić information content (AvgIpc) is 2.81. The summed E-state index contributed by atoms with van der Waals surface area (Å²) < 4.78 is 5.55. The lowest BCUT2D eigenvalue weighted by atomic mass is 10.0. The maximum Gasteiger partial charge on any atom is 0.304 e. The summed E-state index contributed by atoms with van der Waals surface area (Å²) in [4.78, 5) is 23.4. The topological polar surface area (TPSA) is 54.3 Å². The van der Waals surface area contributed by atoms with Crippen LogP contribution in [-0.4, -0.2) is 41.7 Å². The van der Waals surface area contributed by atoms with Crippen molar-refractivity contribution >= 4 is 34.8 Å². The van der Waals surface area contributed by atoms with E-state index in [-0.39, 0.29) is 0 Å². The fourth-order valence-corrected chi connectivity index (χ4v) is 3.23. The number of benzene rings is 2. The number of likely N-dealkylation sites (N-methyl/N-ethyl adjacent to an activating group) is 1. The van der Waals surface area contributed by atoms with Gasteiger partial charge in [-0.2, -0.15) is 0 Å². The number of hydrogen-bond acceptors (Lipinski definition) is 5. The Bertz CT molecular complexity index is 890. The molecule has 1 heterocycles. The number of amidine groups is 1. The standard InChI is InChI=1S/C21H22ClN3O2/c1-4-25(5-2)20-21(27-14(3)26)24-19(15-9-7-6-8-10-15)17-13-16(22)11-12-18(17)23-20/h6-13,21H,4-5H2,1-3H3. The van der Waals surface area contributed by atoms with Crippen LogP contribution in [0.1, 0.15) is 31.9 Å². The number of nitrogens with zero attached hydrogens (tertiary/aromatic N) is 3. The third kappa shape index (κ3) is 4.19. The van der Waals surface area contributed by atoms with Gasteiger partial charge in [-0.25, -0.2) is 9.98 Å². The van der Waals surface area contributed by atoms with Crippen LogP contribution in [0.2, 0.25) is 5.02 Å². The lowest BCUT2D eigenvalue weighted by Gasteiger charge is -2.26. The fraction of sp³-hybridized carbons (Fsp3) is 0.286. The average molecular weight is 384 g/mol. The molecule has 0 aliphatic carbocycles. The molecule has 5 nitrogen and oxygen atoms in total. The van der Waals surface area contributed by atoms with Gasteiger partial charge in [-0.1, -0.05) is 41.9 Å². The lowest BCUT2D eigenvalue weighted by Crippen LogP contribution is -2.40. The van der Waals surface area contributed by atoms with Gasteiger partial charge in [0.2, 0.25) is 0 Å². The molecule has 1 aliphatic heterocycles. The molecule has 0 N–H and O–H groups in total. The quantitative estimate of drug-likeness (QED) is 0.733. The van der Waals surface area contributed by atoms with Crippen LogP contribution in [-0.2, 0) is 9.53 Å². The van der Waals surface area contributed by atoms with E-state index >= 15 is 0 Å². The Kier molecular flexibility index (Phi) is 5.91. The summed E-state index contributed by atoms with van der Waals surface area (Å²) in [5.41, 5.74) is 3.17. The third-order valence-corrected chi connectivity index (χ3v) is 4.56. The second-order valence-corrected chi connectivity index (χ2v) is 6.55. The molecule has 0 saturated carbocycles. The molecule has 0 fully saturated rings. The van der Waals surface area contributed by atoms with Crippen molar-refractivity contribution in [1.29, 1.82) is 0 Å². The minimum atomic E-state index is -0.816. The van der Waals surface area contributed by atoms with E-state index in [1.807, 2.05) is 61.2 Å². The fourth-order valence-electron chi connectivity index (χ4n) is 3.06. The summed E-state index contributed by atoms with van der Waals surface area (Å²) in [6.45, 7) is 6.91. The highest BCUT2D eigenvalue weighted by atomic mass is 35.5. The molecule has 2 aromatic rings. The molecule has 0 saturated heterocycles. The summed E-state index contributed by atoms with van der Waals surface area (Å²) in [6, 6.07) is 15.3. The van der Waals surface area contributed by atoms with Crippen LogP contribution in [0.5, 0.6) is 0 Å². The van der Waals surface area contributed by atoms with E-state index in [4.69, 9.17) is 26.3 Å². The smallest absolute Gasteiger partial charge is 0.304 e. The highest BCUT2D eigenvalue weighted by molar-refractivity contribution is 6.31. The van der Waals surface area contributed by atoms with Crippen LogP contribution in [0.3, 0.4) is 0 Å². The van der Waals surface area contributed by atoms with Crippen molar-refractivity contribution in [2.45, 2.75) is 27.0 Å². The zero-order valence-electron chi connectivity index (χ0n) is 15.6. The van der Waals surface area contributed by atoms with Gasteiger partial charge in [-0.15, -0.1) is 0 Å². The first-order chi connectivity index (χ1) is 13.0. The summed E-state index contributed by atoms with van der Waals surface area (Å²) in [6.07, 6.45) is -0.816. The van der Waals surface area contributed by atoms with Crippen LogP contribution < -0.4 is 0 Å². The Hall–Kier alpha value is -2.66. The molecule has 0 aromatic heterocycles. The zero-order valence-corrected chi connectivity index (χ0v) is 16.4. The number of carbonyl (C=O) groups excluding carboxylic acids is 1. The summed E-state index contributed by atoms with van der Waals surface area (Å²) >= 11 is 6.26. The SMILES string of the molecule is CCN(CC)C1=Nc2ccc(Cl)cc2C(c2ccccc2)=NC1OC(C)=O. The number of ether oxygens (including phenoxy) is 1. The van der Waals surface area contributed by atoms with Gasteiger partial charge in [0.05, 0.1) is 11.4 Å². The minimum Gasteiger partial charge on any atom is -0.432 e. The van der Waals surface area contributed by atoms with E-state index in [0.29, 0.717) is 16.6 Å². The first-order valence-corrected chi connectivity index (χ1v) is 9.35. The molecular formula is C21H22ClN3O2. The van der Waals surface area contributed by atoms with E-state index in [1.165, 1.54) is 6.92 Å². The first kappa shape index (κ1) is 19.1.